The molecular formula is C25H20ClN3O5. The lowest BCUT2D eigenvalue weighted by molar-refractivity contribution is -0.145. The summed E-state index contributed by atoms with van der Waals surface area (Å²) in [5, 5.41) is 3.17. The highest BCUT2D eigenvalue weighted by atomic mass is 35.5. The fourth-order valence-corrected chi connectivity index (χ4v) is 3.06. The van der Waals surface area contributed by atoms with E-state index in [2.05, 4.69) is 15.1 Å². The Morgan fingerprint density at radius 2 is 1.85 bits per heavy atom. The molecule has 9 heteroatoms. The number of Topliss-reactive ketones (excluding diaryl/α,β-unsaturated/α-hetero) is 1. The first-order chi connectivity index (χ1) is 16.4. The van der Waals surface area contributed by atoms with Gasteiger partial charge in [-0.3, -0.25) is 14.6 Å². The number of carbonyl (C=O) groups is 3. The molecule has 8 nitrogen and oxygen atoms in total. The summed E-state index contributed by atoms with van der Waals surface area (Å²) >= 11 is 5.86. The maximum atomic E-state index is 13.1. The molecule has 0 aliphatic carbocycles. The predicted octanol–water partition coefficient (Wildman–Crippen LogP) is 4.91. The maximum Gasteiger partial charge on any atom is 0.344 e. The van der Waals surface area contributed by atoms with Gasteiger partial charge in [-0.05, 0) is 37.3 Å². The zero-order chi connectivity index (χ0) is 24.5. The Morgan fingerprint density at radius 3 is 2.50 bits per heavy atom. The lowest BCUT2D eigenvalue weighted by Gasteiger charge is -2.13. The number of rotatable bonds is 9. The molecule has 3 aromatic rings. The second-order valence-corrected chi connectivity index (χ2v) is 7.42. The van der Waals surface area contributed by atoms with Crippen LogP contribution in [0.2, 0.25) is 5.02 Å². The average Bonchev–Trinajstić information content (AvgIpc) is 2.85. The number of halogens is 1. The molecule has 1 aromatic heterocycles. The molecule has 0 spiro atoms. The topological polar surface area (TPSA) is 99.0 Å². The van der Waals surface area contributed by atoms with Crippen LogP contribution in [-0.4, -0.2) is 35.9 Å². The molecule has 0 aliphatic heterocycles. The minimum atomic E-state index is -0.541. The van der Waals surface area contributed by atoms with Crippen molar-refractivity contribution >= 4 is 40.6 Å². The zero-order valence-electron chi connectivity index (χ0n) is 18.2. The largest absolute Gasteiger partial charge is 0.482 e. The van der Waals surface area contributed by atoms with Gasteiger partial charge in [0, 0.05) is 23.0 Å². The number of carbonyl (C=O) groups excluding carboxylic acids is 3. The molecule has 1 heterocycles. The number of hydrogen-bond donors (Lipinski definition) is 1. The van der Waals surface area contributed by atoms with Crippen LogP contribution in [0.4, 0.5) is 11.4 Å². The average molecular weight is 478 g/mol. The van der Waals surface area contributed by atoms with Gasteiger partial charge in [0.1, 0.15) is 5.75 Å². The summed E-state index contributed by atoms with van der Waals surface area (Å²) in [6, 6.07) is 13.9. The minimum absolute atomic E-state index is 0.0406. The molecule has 3 rings (SSSR count). The zero-order valence-corrected chi connectivity index (χ0v) is 19.0. The van der Waals surface area contributed by atoms with Crippen molar-refractivity contribution in [2.75, 3.05) is 18.5 Å². The van der Waals surface area contributed by atoms with Gasteiger partial charge in [-0.1, -0.05) is 35.9 Å². The van der Waals surface area contributed by atoms with Crippen LogP contribution in [0, 0.1) is 6.57 Å². The van der Waals surface area contributed by atoms with Crippen LogP contribution in [0.1, 0.15) is 33.3 Å². The molecule has 34 heavy (non-hydrogen) atoms. The number of aromatic nitrogens is 1. The Hall–Kier alpha value is -4.22. The smallest absolute Gasteiger partial charge is 0.344 e. The number of ether oxygens (including phenoxy) is 2. The van der Waals surface area contributed by atoms with Gasteiger partial charge in [0.15, 0.2) is 18.1 Å². The quantitative estimate of drug-likeness (QED) is 0.267. The van der Waals surface area contributed by atoms with Crippen LogP contribution in [0.5, 0.6) is 5.75 Å². The molecule has 0 saturated heterocycles. The van der Waals surface area contributed by atoms with E-state index in [1.54, 1.807) is 19.1 Å². The van der Waals surface area contributed by atoms with E-state index >= 15 is 0 Å². The van der Waals surface area contributed by atoms with E-state index in [1.165, 1.54) is 48.7 Å². The van der Waals surface area contributed by atoms with E-state index in [0.717, 1.165) is 0 Å². The van der Waals surface area contributed by atoms with Crippen LogP contribution >= 0.6 is 11.6 Å². The number of pyridine rings is 1. The molecular weight excluding hydrogens is 458 g/mol. The fourth-order valence-electron chi connectivity index (χ4n) is 2.95. The van der Waals surface area contributed by atoms with Gasteiger partial charge in [-0.2, -0.15) is 0 Å². The van der Waals surface area contributed by atoms with Crippen molar-refractivity contribution in [3.05, 3.63) is 94.1 Å². The number of anilines is 1. The van der Waals surface area contributed by atoms with Crippen molar-refractivity contribution < 1.29 is 23.9 Å². The number of ketones is 1. The van der Waals surface area contributed by atoms with E-state index < -0.39 is 11.9 Å². The van der Waals surface area contributed by atoms with Crippen LogP contribution in [0.25, 0.3) is 4.85 Å². The number of amides is 1. The third-order valence-electron chi connectivity index (χ3n) is 4.59. The Morgan fingerprint density at radius 1 is 1.09 bits per heavy atom. The molecule has 172 valence electrons. The summed E-state index contributed by atoms with van der Waals surface area (Å²) < 4.78 is 10.3. The number of hydrogen-bond acceptors (Lipinski definition) is 6. The molecule has 0 radical (unpaired) electrons. The molecule has 1 amide bonds. The van der Waals surface area contributed by atoms with Crippen molar-refractivity contribution in [3.63, 3.8) is 0 Å². The fraction of sp³-hybridized carbons (Fsp3) is 0.160. The Labute approximate surface area is 201 Å². The summed E-state index contributed by atoms with van der Waals surface area (Å²) in [6.45, 7) is 8.61. The molecule has 1 N–H and O–H groups in total. The van der Waals surface area contributed by atoms with Crippen molar-refractivity contribution in [1.82, 2.24) is 4.98 Å². The van der Waals surface area contributed by atoms with Gasteiger partial charge in [0.05, 0.1) is 30.3 Å². The lowest BCUT2D eigenvalue weighted by atomic mass is 10.0. The number of nitrogens with one attached hydrogen (secondary N) is 1. The Balaban J connectivity index is 1.85. The normalized spacial score (nSPS) is 10.1. The maximum absolute atomic E-state index is 13.1. The second kappa shape index (κ2) is 11.6. The van der Waals surface area contributed by atoms with E-state index in [0.29, 0.717) is 22.0 Å². The number of nitrogens with zero attached hydrogens (tertiary/aromatic N) is 2. The third-order valence-corrected chi connectivity index (χ3v) is 4.81. The van der Waals surface area contributed by atoms with E-state index in [9.17, 15) is 14.4 Å². The monoisotopic (exact) mass is 477 g/mol. The van der Waals surface area contributed by atoms with Gasteiger partial charge >= 0.3 is 5.97 Å². The molecule has 0 bridgehead atoms. The van der Waals surface area contributed by atoms with Crippen molar-refractivity contribution in [2.24, 2.45) is 0 Å². The van der Waals surface area contributed by atoms with Crippen LogP contribution in [0.3, 0.4) is 0 Å². The van der Waals surface area contributed by atoms with Gasteiger partial charge in [0.25, 0.3) is 5.91 Å². The van der Waals surface area contributed by atoms with Crippen LogP contribution in [-0.2, 0) is 16.0 Å². The number of esters is 1. The first kappa shape index (κ1) is 24.4. The summed E-state index contributed by atoms with van der Waals surface area (Å²) in [4.78, 5) is 44.9. The Bertz CT molecular complexity index is 1230. The van der Waals surface area contributed by atoms with Crippen molar-refractivity contribution in [1.29, 1.82) is 0 Å². The van der Waals surface area contributed by atoms with Crippen LogP contribution < -0.4 is 10.1 Å². The minimum Gasteiger partial charge on any atom is -0.482 e. The van der Waals surface area contributed by atoms with Gasteiger partial charge in [-0.25, -0.2) is 9.64 Å². The molecule has 0 aliphatic rings. The summed E-state index contributed by atoms with van der Waals surface area (Å²) in [5.74, 6) is -1.05. The molecule has 0 unspecified atom stereocenters. The highest BCUT2D eigenvalue weighted by Gasteiger charge is 2.17. The van der Waals surface area contributed by atoms with Gasteiger partial charge in [0.2, 0.25) is 0 Å². The Kier molecular flexibility index (Phi) is 8.32. The van der Waals surface area contributed by atoms with Crippen LogP contribution in [0.15, 0.2) is 60.8 Å². The highest BCUT2D eigenvalue weighted by Crippen LogP contribution is 2.25. The molecule has 0 atom stereocenters. The first-order valence-corrected chi connectivity index (χ1v) is 10.6. The van der Waals surface area contributed by atoms with E-state index in [-0.39, 0.29) is 42.4 Å². The molecule has 0 saturated carbocycles. The SMILES string of the molecule is [C-]#[N+]c1ccc(C(=O)Nc2ccc(OCC(=O)OCC)cc2C(=O)Cc2ccc(Cl)cn2)cc1. The standard InChI is InChI=1S/C25H20ClN3O5/c1-3-33-24(31)15-34-20-10-11-22(29-25(32)16-4-7-18(27-2)8-5-16)21(13-20)23(30)12-19-9-6-17(26)14-28-19/h4-11,13-14H,3,12,15H2,1H3,(H,29,32). The molecule has 0 fully saturated rings. The summed E-state index contributed by atoms with van der Waals surface area (Å²) in [5.41, 5.74) is 1.68. The predicted molar refractivity (Wildman–Crippen MR) is 127 cm³/mol. The van der Waals surface area contributed by atoms with E-state index in [4.69, 9.17) is 27.6 Å². The van der Waals surface area contributed by atoms with Crippen molar-refractivity contribution in [2.45, 2.75) is 13.3 Å². The second-order valence-electron chi connectivity index (χ2n) is 6.98. The van der Waals surface area contributed by atoms with Gasteiger partial charge in [-0.15, -0.1) is 0 Å². The molecule has 2 aromatic carbocycles. The third kappa shape index (κ3) is 6.64. The number of benzene rings is 2. The lowest BCUT2D eigenvalue weighted by Crippen LogP contribution is -2.17. The van der Waals surface area contributed by atoms with Crippen molar-refractivity contribution in [3.8, 4) is 5.75 Å². The van der Waals surface area contributed by atoms with Gasteiger partial charge < -0.3 is 14.8 Å². The summed E-state index contributed by atoms with van der Waals surface area (Å²) in [7, 11) is 0. The van der Waals surface area contributed by atoms with E-state index in [1.807, 2.05) is 0 Å². The highest BCUT2D eigenvalue weighted by molar-refractivity contribution is 6.30. The summed E-state index contributed by atoms with van der Waals surface area (Å²) in [6.07, 6.45) is 1.40. The first-order valence-electron chi connectivity index (χ1n) is 10.2.